The maximum atomic E-state index is 10.5. The standard InChI is InChI=1S/C7H6INO4/c1-13-5-3-2-4(8)7(10)6(5)9(11)12/h2-3,10H,1H3. The first-order valence-corrected chi connectivity index (χ1v) is 4.35. The predicted octanol–water partition coefficient (Wildman–Crippen LogP) is 1.91. The van der Waals surface area contributed by atoms with Crippen molar-refractivity contribution in [2.24, 2.45) is 0 Å². The van der Waals surface area contributed by atoms with Crippen molar-refractivity contribution in [1.29, 1.82) is 0 Å². The van der Waals surface area contributed by atoms with E-state index in [0.717, 1.165) is 0 Å². The van der Waals surface area contributed by atoms with E-state index in [-0.39, 0.29) is 11.5 Å². The molecule has 0 atom stereocenters. The van der Waals surface area contributed by atoms with Crippen molar-refractivity contribution in [1.82, 2.24) is 0 Å². The van der Waals surface area contributed by atoms with Crippen LogP contribution in [-0.4, -0.2) is 17.1 Å². The number of methoxy groups -OCH3 is 1. The van der Waals surface area contributed by atoms with Gasteiger partial charge in [0, 0.05) is 0 Å². The number of ether oxygens (including phenoxy) is 1. The molecule has 0 spiro atoms. The van der Waals surface area contributed by atoms with Gasteiger partial charge in [0.15, 0.2) is 0 Å². The summed E-state index contributed by atoms with van der Waals surface area (Å²) in [6.45, 7) is 0. The van der Waals surface area contributed by atoms with Crippen LogP contribution in [0.25, 0.3) is 0 Å². The normalized spacial score (nSPS) is 9.69. The summed E-state index contributed by atoms with van der Waals surface area (Å²) in [5.74, 6) is -0.298. The summed E-state index contributed by atoms with van der Waals surface area (Å²) in [5, 5.41) is 19.9. The van der Waals surface area contributed by atoms with Gasteiger partial charge in [0.2, 0.25) is 11.5 Å². The Morgan fingerprint density at radius 2 is 2.23 bits per heavy atom. The summed E-state index contributed by atoms with van der Waals surface area (Å²) in [6, 6.07) is 2.99. The lowest BCUT2D eigenvalue weighted by molar-refractivity contribution is -0.386. The number of hydrogen-bond donors (Lipinski definition) is 1. The average Bonchev–Trinajstić information content (AvgIpc) is 2.08. The lowest BCUT2D eigenvalue weighted by Crippen LogP contribution is -1.95. The smallest absolute Gasteiger partial charge is 0.353 e. The highest BCUT2D eigenvalue weighted by Crippen LogP contribution is 2.38. The Morgan fingerprint density at radius 3 is 2.69 bits per heavy atom. The van der Waals surface area contributed by atoms with Gasteiger partial charge in [-0.2, -0.15) is 0 Å². The monoisotopic (exact) mass is 295 g/mol. The van der Waals surface area contributed by atoms with Gasteiger partial charge < -0.3 is 9.84 Å². The second-order valence-electron chi connectivity index (χ2n) is 2.20. The fourth-order valence-electron chi connectivity index (χ4n) is 0.878. The summed E-state index contributed by atoms with van der Waals surface area (Å²) >= 11 is 1.81. The summed E-state index contributed by atoms with van der Waals surface area (Å²) in [4.78, 5) is 9.85. The molecule has 0 amide bonds. The van der Waals surface area contributed by atoms with Crippen LogP contribution in [0.2, 0.25) is 0 Å². The van der Waals surface area contributed by atoms with E-state index in [1.165, 1.54) is 13.2 Å². The highest BCUT2D eigenvalue weighted by molar-refractivity contribution is 14.1. The molecule has 1 rings (SSSR count). The van der Waals surface area contributed by atoms with Crippen molar-refractivity contribution in [2.75, 3.05) is 7.11 Å². The van der Waals surface area contributed by atoms with E-state index in [9.17, 15) is 15.2 Å². The zero-order valence-electron chi connectivity index (χ0n) is 6.65. The van der Waals surface area contributed by atoms with Crippen molar-refractivity contribution in [2.45, 2.75) is 0 Å². The fourth-order valence-corrected chi connectivity index (χ4v) is 1.31. The Labute approximate surface area is 87.6 Å². The van der Waals surface area contributed by atoms with E-state index < -0.39 is 10.6 Å². The molecule has 0 saturated heterocycles. The van der Waals surface area contributed by atoms with Crippen LogP contribution in [0.1, 0.15) is 0 Å². The Hall–Kier alpha value is -1.05. The lowest BCUT2D eigenvalue weighted by atomic mass is 10.3. The molecule has 1 N–H and O–H groups in total. The Morgan fingerprint density at radius 1 is 1.62 bits per heavy atom. The minimum Gasteiger partial charge on any atom is -0.501 e. The summed E-state index contributed by atoms with van der Waals surface area (Å²) < 4.78 is 5.16. The molecular formula is C7H6INO4. The maximum Gasteiger partial charge on any atom is 0.353 e. The molecule has 0 fully saturated rings. The number of aromatic hydroxyl groups is 1. The van der Waals surface area contributed by atoms with Crippen LogP contribution in [0, 0.1) is 13.7 Å². The number of nitrogens with zero attached hydrogens (tertiary/aromatic N) is 1. The molecule has 1 aromatic rings. The Balaban J connectivity index is 3.41. The van der Waals surface area contributed by atoms with Crippen LogP contribution < -0.4 is 4.74 Å². The quantitative estimate of drug-likeness (QED) is 0.514. The van der Waals surface area contributed by atoms with Crippen molar-refractivity contribution < 1.29 is 14.8 Å². The zero-order chi connectivity index (χ0) is 10.0. The second-order valence-corrected chi connectivity index (χ2v) is 3.37. The fraction of sp³-hybridized carbons (Fsp3) is 0.143. The molecule has 0 unspecified atom stereocenters. The van der Waals surface area contributed by atoms with Crippen molar-refractivity contribution in [3.8, 4) is 11.5 Å². The maximum absolute atomic E-state index is 10.5. The Kier molecular flexibility index (Phi) is 2.91. The molecule has 0 aliphatic rings. The first-order chi connectivity index (χ1) is 6.07. The number of hydrogen-bond acceptors (Lipinski definition) is 4. The van der Waals surface area contributed by atoms with Crippen molar-refractivity contribution >= 4 is 28.3 Å². The zero-order valence-corrected chi connectivity index (χ0v) is 8.81. The van der Waals surface area contributed by atoms with Crippen LogP contribution in [0.15, 0.2) is 12.1 Å². The molecule has 13 heavy (non-hydrogen) atoms. The minimum absolute atomic E-state index is 0.0583. The van der Waals surface area contributed by atoms with E-state index in [1.54, 1.807) is 28.7 Å². The van der Waals surface area contributed by atoms with E-state index in [4.69, 9.17) is 4.74 Å². The summed E-state index contributed by atoms with van der Waals surface area (Å²) in [7, 11) is 1.31. The molecule has 0 aliphatic heterocycles. The van der Waals surface area contributed by atoms with Gasteiger partial charge in [0.05, 0.1) is 15.6 Å². The summed E-state index contributed by atoms with van der Waals surface area (Å²) in [6.07, 6.45) is 0. The van der Waals surface area contributed by atoms with Gasteiger partial charge in [0.25, 0.3) is 0 Å². The average molecular weight is 295 g/mol. The topological polar surface area (TPSA) is 72.6 Å². The number of halogens is 1. The van der Waals surface area contributed by atoms with Gasteiger partial charge in [0.1, 0.15) is 0 Å². The molecular weight excluding hydrogens is 289 g/mol. The van der Waals surface area contributed by atoms with Crippen molar-refractivity contribution in [3.05, 3.63) is 25.8 Å². The highest BCUT2D eigenvalue weighted by Gasteiger charge is 2.22. The highest BCUT2D eigenvalue weighted by atomic mass is 127. The van der Waals surface area contributed by atoms with Gasteiger partial charge in [-0.3, -0.25) is 10.1 Å². The number of nitro benzene ring substituents is 1. The number of rotatable bonds is 2. The van der Waals surface area contributed by atoms with Gasteiger partial charge in [-0.05, 0) is 34.7 Å². The SMILES string of the molecule is COc1ccc(I)c(O)c1[N+](=O)[O-]. The third kappa shape index (κ3) is 1.82. The van der Waals surface area contributed by atoms with E-state index in [1.807, 2.05) is 0 Å². The van der Waals surface area contributed by atoms with Crippen LogP contribution >= 0.6 is 22.6 Å². The van der Waals surface area contributed by atoms with Gasteiger partial charge in [-0.15, -0.1) is 0 Å². The molecule has 0 bridgehead atoms. The minimum atomic E-state index is -0.670. The number of nitro groups is 1. The number of phenols is 1. The largest absolute Gasteiger partial charge is 0.501 e. The molecule has 5 nitrogen and oxygen atoms in total. The van der Waals surface area contributed by atoms with E-state index in [0.29, 0.717) is 3.57 Å². The van der Waals surface area contributed by atoms with Crippen LogP contribution in [0.3, 0.4) is 0 Å². The third-order valence-corrected chi connectivity index (χ3v) is 2.34. The third-order valence-electron chi connectivity index (χ3n) is 1.47. The van der Waals surface area contributed by atoms with Gasteiger partial charge in [-0.1, -0.05) is 0 Å². The Bertz CT molecular complexity index is 353. The molecule has 0 aromatic heterocycles. The number of benzene rings is 1. The molecule has 6 heteroatoms. The van der Waals surface area contributed by atoms with Gasteiger partial charge in [-0.25, -0.2) is 0 Å². The molecule has 1 aromatic carbocycles. The first kappa shape index (κ1) is 10.0. The molecule has 70 valence electrons. The van der Waals surface area contributed by atoms with E-state index >= 15 is 0 Å². The molecule has 0 heterocycles. The lowest BCUT2D eigenvalue weighted by Gasteiger charge is -2.03. The second kappa shape index (κ2) is 3.77. The van der Waals surface area contributed by atoms with Crippen LogP contribution in [-0.2, 0) is 0 Å². The van der Waals surface area contributed by atoms with Crippen LogP contribution in [0.5, 0.6) is 11.5 Å². The summed E-state index contributed by atoms with van der Waals surface area (Å²) in [5.41, 5.74) is -0.394. The van der Waals surface area contributed by atoms with Gasteiger partial charge >= 0.3 is 5.69 Å². The van der Waals surface area contributed by atoms with Crippen LogP contribution in [0.4, 0.5) is 5.69 Å². The first-order valence-electron chi connectivity index (χ1n) is 3.27. The molecule has 0 radical (unpaired) electrons. The molecule has 0 saturated carbocycles. The van der Waals surface area contributed by atoms with Crippen molar-refractivity contribution in [3.63, 3.8) is 0 Å². The number of phenolic OH excluding ortho intramolecular Hbond substituents is 1. The predicted molar refractivity (Wildman–Crippen MR) is 54.0 cm³/mol. The molecule has 0 aliphatic carbocycles. The van der Waals surface area contributed by atoms with E-state index in [2.05, 4.69) is 0 Å².